The fraction of sp³-hybridized carbons (Fsp3) is 0.400. The van der Waals surface area contributed by atoms with Crippen LogP contribution in [0.1, 0.15) is 18.1 Å². The van der Waals surface area contributed by atoms with Gasteiger partial charge in [-0.1, -0.05) is 24.4 Å². The average molecular weight is 377 g/mol. The van der Waals surface area contributed by atoms with Crippen molar-refractivity contribution in [2.24, 2.45) is 10.7 Å². The zero-order valence-corrected chi connectivity index (χ0v) is 14.9. The van der Waals surface area contributed by atoms with E-state index in [1.54, 1.807) is 6.92 Å². The number of nitrogens with zero attached hydrogens (tertiary/aromatic N) is 2. The van der Waals surface area contributed by atoms with Crippen molar-refractivity contribution >= 4 is 38.6 Å². The second-order valence-electron chi connectivity index (χ2n) is 5.92. The van der Waals surface area contributed by atoms with Gasteiger partial charge in [0, 0.05) is 19.0 Å². The van der Waals surface area contributed by atoms with E-state index in [-0.39, 0.29) is 23.7 Å². The van der Waals surface area contributed by atoms with E-state index in [4.69, 9.17) is 5.73 Å². The number of guanidine groups is 1. The normalized spacial score (nSPS) is 27.2. The molecule has 0 aromatic heterocycles. The van der Waals surface area contributed by atoms with Gasteiger partial charge in [0.1, 0.15) is 11.4 Å². The van der Waals surface area contributed by atoms with Crippen molar-refractivity contribution in [1.29, 1.82) is 0 Å². The van der Waals surface area contributed by atoms with Crippen LogP contribution >= 0.6 is 12.2 Å². The molecule has 0 saturated heterocycles. The summed E-state index contributed by atoms with van der Waals surface area (Å²) < 4.78 is 53.5. The van der Waals surface area contributed by atoms with Crippen molar-refractivity contribution in [2.45, 2.75) is 25.3 Å². The molecule has 4 nitrogen and oxygen atoms in total. The van der Waals surface area contributed by atoms with E-state index in [9.17, 15) is 17.4 Å². The average Bonchev–Trinajstić information content (AvgIpc) is 2.46. The summed E-state index contributed by atoms with van der Waals surface area (Å²) in [6, 6.07) is 3.97. The summed E-state index contributed by atoms with van der Waals surface area (Å²) in [5.41, 5.74) is 5.14. The summed E-state index contributed by atoms with van der Waals surface area (Å²) >= 11 is 4.64. The molecule has 132 valence electrons. The lowest BCUT2D eigenvalue weighted by Crippen LogP contribution is -2.50. The van der Waals surface area contributed by atoms with Gasteiger partial charge in [0.25, 0.3) is 6.43 Å². The molecule has 0 spiro atoms. The van der Waals surface area contributed by atoms with Gasteiger partial charge in [-0.05, 0) is 24.4 Å². The minimum Gasteiger partial charge on any atom is -0.369 e. The van der Waals surface area contributed by atoms with Crippen molar-refractivity contribution in [2.75, 3.05) is 12.8 Å². The van der Waals surface area contributed by atoms with Crippen LogP contribution in [-0.2, 0) is 21.7 Å². The molecule has 1 unspecified atom stereocenters. The molecule has 0 aliphatic carbocycles. The molecule has 0 amide bonds. The molecule has 1 aliphatic rings. The molecule has 1 aromatic rings. The van der Waals surface area contributed by atoms with Crippen LogP contribution in [0.15, 0.2) is 23.2 Å². The van der Waals surface area contributed by atoms with E-state index < -0.39 is 32.4 Å². The van der Waals surface area contributed by atoms with Crippen LogP contribution in [0.3, 0.4) is 0 Å². The number of hydrogen-bond donors (Lipinski definition) is 1. The highest BCUT2D eigenvalue weighted by Crippen LogP contribution is 2.34. The zero-order chi connectivity index (χ0) is 18.3. The Bertz CT molecular complexity index is 808. The molecule has 2 rings (SSSR count). The molecule has 0 saturated carbocycles. The second kappa shape index (κ2) is 6.36. The molecule has 9 heteroatoms. The van der Waals surface area contributed by atoms with Gasteiger partial charge in [0.15, 0.2) is 0 Å². The van der Waals surface area contributed by atoms with E-state index in [0.717, 1.165) is 0 Å². The Kier molecular flexibility index (Phi) is 4.96. The summed E-state index contributed by atoms with van der Waals surface area (Å²) in [4.78, 5) is 3.83. The topological polar surface area (TPSA) is 58.7 Å². The van der Waals surface area contributed by atoms with Crippen molar-refractivity contribution < 1.29 is 17.4 Å². The molecule has 1 aliphatic heterocycles. The second-order valence-corrected chi connectivity index (χ2v) is 8.82. The molecule has 2 atom stereocenters. The number of thiocarbonyl (C=S) groups is 1. The third kappa shape index (κ3) is 3.56. The molecule has 0 radical (unpaired) electrons. The van der Waals surface area contributed by atoms with Gasteiger partial charge in [0.05, 0.1) is 20.3 Å². The molecule has 1 heterocycles. The van der Waals surface area contributed by atoms with Gasteiger partial charge in [-0.2, -0.15) is 0 Å². The Morgan fingerprint density at radius 3 is 2.75 bits per heavy atom. The molecule has 0 fully saturated rings. The summed E-state index contributed by atoms with van der Waals surface area (Å²) in [6.45, 7) is 1.59. The highest BCUT2D eigenvalue weighted by molar-refractivity contribution is 7.98. The van der Waals surface area contributed by atoms with Crippen molar-refractivity contribution in [3.63, 3.8) is 0 Å². The summed E-state index contributed by atoms with van der Waals surface area (Å²) in [5, 5.41) is 0. The van der Waals surface area contributed by atoms with Crippen LogP contribution in [0, 0.1) is 5.82 Å². The fourth-order valence-electron chi connectivity index (χ4n) is 2.57. The lowest BCUT2D eigenvalue weighted by Gasteiger charge is -2.37. The predicted molar refractivity (Wildman–Crippen MR) is 95.6 cm³/mol. The minimum atomic E-state index is -2.77. The summed E-state index contributed by atoms with van der Waals surface area (Å²) in [5.74, 6) is 3.01. The predicted octanol–water partition coefficient (Wildman–Crippen LogP) is 2.11. The summed E-state index contributed by atoms with van der Waals surface area (Å²) in [6.07, 6.45) is -2.88. The minimum absolute atomic E-state index is 0.0170. The van der Waals surface area contributed by atoms with Crippen LogP contribution in [0.2, 0.25) is 0 Å². The Labute approximate surface area is 144 Å². The van der Waals surface area contributed by atoms with E-state index in [0.29, 0.717) is 5.56 Å². The van der Waals surface area contributed by atoms with Crippen molar-refractivity contribution in [3.05, 3.63) is 35.1 Å². The SMILES string of the molecule is C=S1(=O)C[C@@](C)(c2cc(CC(=S)C(F)F)ccc2F)N=C(N)N1C. The van der Waals surface area contributed by atoms with E-state index >= 15 is 0 Å². The molecular formula is C15H18F3N3OS2. The number of aliphatic imine (C=N–C) groups is 1. The molecule has 0 bridgehead atoms. The first-order chi connectivity index (χ1) is 11.0. The smallest absolute Gasteiger partial charge is 0.270 e. The van der Waals surface area contributed by atoms with Crippen LogP contribution in [-0.4, -0.2) is 44.4 Å². The highest BCUT2D eigenvalue weighted by atomic mass is 32.2. The maximum absolute atomic E-state index is 14.4. The fourth-order valence-corrected chi connectivity index (χ4v) is 4.41. The first-order valence-electron chi connectivity index (χ1n) is 7.00. The maximum atomic E-state index is 14.4. The molecule has 2 N–H and O–H groups in total. The van der Waals surface area contributed by atoms with E-state index in [1.807, 2.05) is 0 Å². The number of rotatable bonds is 4. The third-order valence-electron chi connectivity index (χ3n) is 3.92. The van der Waals surface area contributed by atoms with Crippen LogP contribution < -0.4 is 5.73 Å². The Balaban J connectivity index is 2.50. The zero-order valence-electron chi connectivity index (χ0n) is 13.3. The lowest BCUT2D eigenvalue weighted by atomic mass is 9.91. The molecule has 24 heavy (non-hydrogen) atoms. The Hall–Kier alpha value is -1.61. The van der Waals surface area contributed by atoms with Gasteiger partial charge in [-0.15, -0.1) is 0 Å². The van der Waals surface area contributed by atoms with Gasteiger partial charge >= 0.3 is 0 Å². The first-order valence-corrected chi connectivity index (χ1v) is 9.26. The van der Waals surface area contributed by atoms with Crippen LogP contribution in [0.25, 0.3) is 0 Å². The van der Waals surface area contributed by atoms with Gasteiger partial charge in [0.2, 0.25) is 5.96 Å². The highest BCUT2D eigenvalue weighted by Gasteiger charge is 2.38. The standard InChI is InChI=1S/C15H18F3N3OS2/c1-15(8-24(3,22)21(2)14(19)20-15)10-6-9(4-5-11(10)16)7-12(23)13(17)18/h4-6,13H,3,7-8H2,1-2H3,(H2,19,20)/t15-,24?/m0/s1. The number of hydrogen-bond acceptors (Lipinski definition) is 4. The van der Waals surface area contributed by atoms with Gasteiger partial charge in [-0.3, -0.25) is 4.31 Å². The maximum Gasteiger partial charge on any atom is 0.270 e. The number of alkyl halides is 2. The molecular weight excluding hydrogens is 359 g/mol. The number of halogens is 3. The van der Waals surface area contributed by atoms with Gasteiger partial charge < -0.3 is 5.73 Å². The quantitative estimate of drug-likeness (QED) is 0.818. The Morgan fingerprint density at radius 2 is 2.21 bits per heavy atom. The van der Waals surface area contributed by atoms with Gasteiger partial charge in [-0.25, -0.2) is 22.4 Å². The van der Waals surface area contributed by atoms with Crippen molar-refractivity contribution in [3.8, 4) is 0 Å². The molecule has 1 aromatic carbocycles. The number of benzene rings is 1. The first kappa shape index (κ1) is 18.7. The van der Waals surface area contributed by atoms with E-state index in [1.165, 1.54) is 29.6 Å². The van der Waals surface area contributed by atoms with Crippen LogP contribution in [0.5, 0.6) is 0 Å². The van der Waals surface area contributed by atoms with Crippen molar-refractivity contribution in [1.82, 2.24) is 4.31 Å². The Morgan fingerprint density at radius 1 is 1.58 bits per heavy atom. The third-order valence-corrected chi connectivity index (χ3v) is 6.44. The largest absolute Gasteiger partial charge is 0.369 e. The summed E-state index contributed by atoms with van der Waals surface area (Å²) in [7, 11) is -1.27. The van der Waals surface area contributed by atoms with E-state index in [2.05, 4.69) is 23.1 Å². The number of nitrogens with two attached hydrogens (primary N) is 1. The van der Waals surface area contributed by atoms with Crippen LogP contribution in [0.4, 0.5) is 13.2 Å². The monoisotopic (exact) mass is 377 g/mol. The lowest BCUT2D eigenvalue weighted by molar-refractivity contribution is 0.227.